The van der Waals surface area contributed by atoms with E-state index in [9.17, 15) is 4.79 Å². The maximum Gasteiger partial charge on any atom is 0.224 e. The average molecular weight is 276 g/mol. The number of nitrogens with two attached hydrogens (primary N) is 1. The number of anilines is 2. The van der Waals surface area contributed by atoms with Gasteiger partial charge in [-0.2, -0.15) is 0 Å². The molecule has 0 unspecified atom stereocenters. The summed E-state index contributed by atoms with van der Waals surface area (Å²) in [5, 5.41) is 2.93. The standard InChI is InChI=1S/C16H24N2O2/c1-20-15-9-8-13(11-14(15)17)18-16(19)10-12-6-4-2-3-5-7-12/h8-9,11-12H,2-7,10,17H2,1H3,(H,18,19). The number of hydrogen-bond acceptors (Lipinski definition) is 3. The van der Waals surface area contributed by atoms with Crippen LogP contribution in [0.4, 0.5) is 11.4 Å². The summed E-state index contributed by atoms with van der Waals surface area (Å²) in [6, 6.07) is 5.33. The zero-order valence-corrected chi connectivity index (χ0v) is 12.2. The number of amides is 1. The lowest BCUT2D eigenvalue weighted by atomic mass is 9.96. The molecule has 0 spiro atoms. The fourth-order valence-corrected chi connectivity index (χ4v) is 2.85. The van der Waals surface area contributed by atoms with Gasteiger partial charge < -0.3 is 15.8 Å². The van der Waals surface area contributed by atoms with E-state index in [-0.39, 0.29) is 5.91 Å². The maximum atomic E-state index is 12.1. The molecular formula is C16H24N2O2. The molecule has 1 aromatic carbocycles. The van der Waals surface area contributed by atoms with Crippen LogP contribution >= 0.6 is 0 Å². The minimum atomic E-state index is 0.0847. The van der Waals surface area contributed by atoms with Gasteiger partial charge in [0.25, 0.3) is 0 Å². The molecule has 0 aromatic heterocycles. The van der Waals surface area contributed by atoms with E-state index in [2.05, 4.69) is 5.32 Å². The summed E-state index contributed by atoms with van der Waals surface area (Å²) in [5.41, 5.74) is 7.12. The number of hydrogen-bond donors (Lipinski definition) is 2. The molecule has 110 valence electrons. The van der Waals surface area contributed by atoms with Crippen LogP contribution in [0.25, 0.3) is 0 Å². The van der Waals surface area contributed by atoms with Crippen molar-refractivity contribution < 1.29 is 9.53 Å². The van der Waals surface area contributed by atoms with Crippen molar-refractivity contribution in [2.45, 2.75) is 44.9 Å². The lowest BCUT2D eigenvalue weighted by molar-refractivity contribution is -0.117. The maximum absolute atomic E-state index is 12.1. The second-order valence-corrected chi connectivity index (χ2v) is 5.57. The van der Waals surface area contributed by atoms with E-state index in [0.29, 0.717) is 23.8 Å². The van der Waals surface area contributed by atoms with Gasteiger partial charge in [-0.15, -0.1) is 0 Å². The van der Waals surface area contributed by atoms with Crippen LogP contribution in [0.5, 0.6) is 5.75 Å². The van der Waals surface area contributed by atoms with Crippen LogP contribution < -0.4 is 15.8 Å². The van der Waals surface area contributed by atoms with Gasteiger partial charge in [-0.05, 0) is 37.0 Å². The van der Waals surface area contributed by atoms with Crippen LogP contribution in [-0.4, -0.2) is 13.0 Å². The van der Waals surface area contributed by atoms with Crippen molar-refractivity contribution in [1.29, 1.82) is 0 Å². The van der Waals surface area contributed by atoms with Crippen molar-refractivity contribution >= 4 is 17.3 Å². The number of nitrogens with one attached hydrogen (secondary N) is 1. The molecule has 1 aromatic rings. The molecule has 0 saturated heterocycles. The Bertz CT molecular complexity index is 452. The topological polar surface area (TPSA) is 64.3 Å². The molecule has 20 heavy (non-hydrogen) atoms. The van der Waals surface area contributed by atoms with E-state index in [4.69, 9.17) is 10.5 Å². The van der Waals surface area contributed by atoms with Crippen LogP contribution in [-0.2, 0) is 4.79 Å². The third kappa shape index (κ3) is 4.15. The van der Waals surface area contributed by atoms with Gasteiger partial charge in [-0.25, -0.2) is 0 Å². The summed E-state index contributed by atoms with van der Waals surface area (Å²) in [6.07, 6.45) is 8.11. The van der Waals surface area contributed by atoms with Crippen LogP contribution in [0, 0.1) is 5.92 Å². The normalized spacial score (nSPS) is 16.4. The number of carbonyl (C=O) groups is 1. The number of methoxy groups -OCH3 is 1. The smallest absolute Gasteiger partial charge is 0.224 e. The predicted molar refractivity (Wildman–Crippen MR) is 81.8 cm³/mol. The fraction of sp³-hybridized carbons (Fsp3) is 0.562. The molecule has 3 N–H and O–H groups in total. The Balaban J connectivity index is 1.88. The van der Waals surface area contributed by atoms with E-state index in [1.807, 2.05) is 6.07 Å². The molecule has 0 bridgehead atoms. The summed E-state index contributed by atoms with van der Waals surface area (Å²) in [4.78, 5) is 12.1. The average Bonchev–Trinajstić information content (AvgIpc) is 2.67. The monoisotopic (exact) mass is 276 g/mol. The first-order valence-electron chi connectivity index (χ1n) is 7.42. The highest BCUT2D eigenvalue weighted by Crippen LogP contribution is 2.27. The molecule has 1 fully saturated rings. The van der Waals surface area contributed by atoms with Gasteiger partial charge in [0.2, 0.25) is 5.91 Å². The molecule has 1 amide bonds. The number of ether oxygens (including phenoxy) is 1. The van der Waals surface area contributed by atoms with E-state index < -0.39 is 0 Å². The van der Waals surface area contributed by atoms with E-state index >= 15 is 0 Å². The van der Waals surface area contributed by atoms with Gasteiger partial charge in [0.05, 0.1) is 12.8 Å². The molecule has 0 aliphatic heterocycles. The summed E-state index contributed by atoms with van der Waals surface area (Å²) >= 11 is 0. The predicted octanol–water partition coefficient (Wildman–Crippen LogP) is 3.58. The van der Waals surface area contributed by atoms with Crippen molar-refractivity contribution in [3.8, 4) is 5.75 Å². The quantitative estimate of drug-likeness (QED) is 0.652. The van der Waals surface area contributed by atoms with Crippen LogP contribution in [0.1, 0.15) is 44.9 Å². The number of rotatable bonds is 4. The van der Waals surface area contributed by atoms with E-state index in [1.165, 1.54) is 38.5 Å². The van der Waals surface area contributed by atoms with Crippen molar-refractivity contribution in [3.05, 3.63) is 18.2 Å². The van der Waals surface area contributed by atoms with Crippen molar-refractivity contribution in [1.82, 2.24) is 0 Å². The number of nitrogen functional groups attached to an aromatic ring is 1. The molecule has 1 aliphatic carbocycles. The Morgan fingerprint density at radius 3 is 2.60 bits per heavy atom. The van der Waals surface area contributed by atoms with Gasteiger partial charge >= 0.3 is 0 Å². The van der Waals surface area contributed by atoms with Gasteiger partial charge in [0.1, 0.15) is 5.75 Å². The SMILES string of the molecule is COc1ccc(NC(=O)CC2CCCCCC2)cc1N. The fourth-order valence-electron chi connectivity index (χ4n) is 2.85. The molecule has 4 nitrogen and oxygen atoms in total. The Labute approximate surface area is 120 Å². The zero-order valence-electron chi connectivity index (χ0n) is 12.2. The van der Waals surface area contributed by atoms with Crippen LogP contribution in [0.15, 0.2) is 18.2 Å². The van der Waals surface area contributed by atoms with Gasteiger partial charge in [0.15, 0.2) is 0 Å². The second kappa shape index (κ2) is 7.17. The first-order chi connectivity index (χ1) is 9.69. The summed E-state index contributed by atoms with van der Waals surface area (Å²) < 4.78 is 5.10. The molecule has 0 radical (unpaired) electrons. The van der Waals surface area contributed by atoms with E-state index in [0.717, 1.165) is 5.69 Å². The van der Waals surface area contributed by atoms with Crippen LogP contribution in [0.3, 0.4) is 0 Å². The first-order valence-corrected chi connectivity index (χ1v) is 7.42. The third-order valence-corrected chi connectivity index (χ3v) is 3.96. The lowest BCUT2D eigenvalue weighted by Crippen LogP contribution is -2.16. The van der Waals surface area contributed by atoms with Gasteiger partial charge in [-0.1, -0.05) is 25.7 Å². The molecule has 4 heteroatoms. The molecule has 1 saturated carbocycles. The zero-order chi connectivity index (χ0) is 14.4. The largest absolute Gasteiger partial charge is 0.495 e. The lowest BCUT2D eigenvalue weighted by Gasteiger charge is -2.14. The molecule has 2 rings (SSSR count). The van der Waals surface area contributed by atoms with E-state index in [1.54, 1.807) is 19.2 Å². The first kappa shape index (κ1) is 14.7. The van der Waals surface area contributed by atoms with Crippen molar-refractivity contribution in [2.75, 3.05) is 18.2 Å². The van der Waals surface area contributed by atoms with Gasteiger partial charge in [-0.3, -0.25) is 4.79 Å². The highest BCUT2D eigenvalue weighted by Gasteiger charge is 2.16. The van der Waals surface area contributed by atoms with Crippen LogP contribution in [0.2, 0.25) is 0 Å². The number of carbonyl (C=O) groups excluding carboxylic acids is 1. The Morgan fingerprint density at radius 1 is 1.30 bits per heavy atom. The minimum Gasteiger partial charge on any atom is -0.495 e. The van der Waals surface area contributed by atoms with Crippen molar-refractivity contribution in [3.63, 3.8) is 0 Å². The molecular weight excluding hydrogens is 252 g/mol. The molecule has 1 aliphatic rings. The highest BCUT2D eigenvalue weighted by molar-refractivity contribution is 5.91. The second-order valence-electron chi connectivity index (χ2n) is 5.57. The third-order valence-electron chi connectivity index (χ3n) is 3.96. The summed E-state index contributed by atoms with van der Waals surface area (Å²) in [7, 11) is 1.58. The Hall–Kier alpha value is -1.71. The van der Waals surface area contributed by atoms with Gasteiger partial charge in [0, 0.05) is 12.1 Å². The summed E-state index contributed by atoms with van der Waals surface area (Å²) in [5.74, 6) is 1.25. The van der Waals surface area contributed by atoms with Crippen molar-refractivity contribution in [2.24, 2.45) is 5.92 Å². The highest BCUT2D eigenvalue weighted by atomic mass is 16.5. The minimum absolute atomic E-state index is 0.0847. The number of benzene rings is 1. The molecule has 0 atom stereocenters. The Kier molecular flexibility index (Phi) is 5.27. The summed E-state index contributed by atoms with van der Waals surface area (Å²) in [6.45, 7) is 0. The molecule has 0 heterocycles. The Morgan fingerprint density at radius 2 is 2.00 bits per heavy atom.